The molecular formula is C24H44I2N4. The smallest absolute Gasteiger partial charge is 0.243 e. The lowest BCUT2D eigenvalue weighted by Crippen LogP contribution is -3.00. The average Bonchev–Trinajstić information content (AvgIpc) is 3.33. The Morgan fingerprint density at radius 1 is 0.533 bits per heavy atom. The summed E-state index contributed by atoms with van der Waals surface area (Å²) in [6.45, 7) is 9.09. The van der Waals surface area contributed by atoms with E-state index >= 15 is 0 Å². The van der Waals surface area contributed by atoms with Crippen LogP contribution in [0.5, 0.6) is 0 Å². The van der Waals surface area contributed by atoms with E-state index in [1.54, 1.807) is 0 Å². The van der Waals surface area contributed by atoms with Crippen LogP contribution in [0.2, 0.25) is 0 Å². The lowest BCUT2D eigenvalue weighted by molar-refractivity contribution is -0.696. The van der Waals surface area contributed by atoms with Crippen LogP contribution in [0.25, 0.3) is 0 Å². The van der Waals surface area contributed by atoms with E-state index in [-0.39, 0.29) is 48.0 Å². The van der Waals surface area contributed by atoms with Crippen molar-refractivity contribution < 1.29 is 57.1 Å². The zero-order valence-corrected chi connectivity index (χ0v) is 23.6. The molecule has 0 unspecified atom stereocenters. The van der Waals surface area contributed by atoms with E-state index in [1.807, 2.05) is 0 Å². The highest BCUT2D eigenvalue weighted by atomic mass is 127. The third-order valence-electron chi connectivity index (χ3n) is 5.54. The molecule has 0 spiro atoms. The fourth-order valence-electron chi connectivity index (χ4n) is 3.93. The highest BCUT2D eigenvalue weighted by molar-refractivity contribution is 4.67. The molecule has 0 bridgehead atoms. The third kappa shape index (κ3) is 13.3. The van der Waals surface area contributed by atoms with E-state index in [0.29, 0.717) is 0 Å². The number of aryl methyl sites for hydroxylation is 4. The zero-order chi connectivity index (χ0) is 19.9. The van der Waals surface area contributed by atoms with Gasteiger partial charge in [-0.2, -0.15) is 0 Å². The number of rotatable bonds is 17. The van der Waals surface area contributed by atoms with Gasteiger partial charge in [-0.3, -0.25) is 0 Å². The Morgan fingerprint density at radius 2 is 0.867 bits per heavy atom. The Kier molecular flexibility index (Phi) is 19.5. The van der Waals surface area contributed by atoms with Crippen molar-refractivity contribution in [3.63, 3.8) is 0 Å². The van der Waals surface area contributed by atoms with Gasteiger partial charge in [-0.1, -0.05) is 52.4 Å². The molecule has 2 heterocycles. The maximum Gasteiger partial charge on any atom is 0.243 e. The first-order valence-corrected chi connectivity index (χ1v) is 11.9. The van der Waals surface area contributed by atoms with Crippen molar-refractivity contribution in [2.24, 2.45) is 0 Å². The number of imidazole rings is 2. The topological polar surface area (TPSA) is 17.6 Å². The molecule has 0 saturated heterocycles. The van der Waals surface area contributed by atoms with Crippen LogP contribution in [0, 0.1) is 0 Å². The molecule has 30 heavy (non-hydrogen) atoms. The van der Waals surface area contributed by atoms with Crippen LogP contribution < -0.4 is 57.1 Å². The second-order valence-corrected chi connectivity index (χ2v) is 8.31. The Morgan fingerprint density at radius 3 is 1.20 bits per heavy atom. The van der Waals surface area contributed by atoms with Crippen molar-refractivity contribution in [2.75, 3.05) is 0 Å². The molecule has 0 aliphatic heterocycles. The molecule has 0 saturated carbocycles. The van der Waals surface area contributed by atoms with Gasteiger partial charge in [0, 0.05) is 0 Å². The maximum atomic E-state index is 2.34. The van der Waals surface area contributed by atoms with Gasteiger partial charge in [0.15, 0.2) is 0 Å². The summed E-state index contributed by atoms with van der Waals surface area (Å²) < 4.78 is 9.27. The van der Waals surface area contributed by atoms with Crippen LogP contribution in [0.3, 0.4) is 0 Å². The summed E-state index contributed by atoms with van der Waals surface area (Å²) in [4.78, 5) is 0. The average molecular weight is 642 g/mol. The summed E-state index contributed by atoms with van der Waals surface area (Å²) in [6.07, 6.45) is 29.6. The highest BCUT2D eigenvalue weighted by Crippen LogP contribution is 2.11. The van der Waals surface area contributed by atoms with Gasteiger partial charge >= 0.3 is 0 Å². The molecule has 0 N–H and O–H groups in total. The number of hydrogen-bond donors (Lipinski definition) is 0. The molecule has 0 fully saturated rings. The Balaban J connectivity index is 0.00000420. The molecule has 0 radical (unpaired) electrons. The van der Waals surface area contributed by atoms with Crippen molar-refractivity contribution >= 4 is 0 Å². The van der Waals surface area contributed by atoms with Crippen molar-refractivity contribution in [1.29, 1.82) is 0 Å². The molecule has 0 aliphatic carbocycles. The summed E-state index contributed by atoms with van der Waals surface area (Å²) in [5.41, 5.74) is 0. The SMILES string of the molecule is CCC[n+]1ccn(CCCCCCCCCCCCn2cc[n+](CCC)c2)c1.[I-].[I-]. The molecular weight excluding hydrogens is 598 g/mol. The number of halogens is 2. The lowest BCUT2D eigenvalue weighted by Gasteiger charge is -2.02. The van der Waals surface area contributed by atoms with E-state index in [0.717, 1.165) is 13.1 Å². The first-order chi connectivity index (χ1) is 13.8. The number of unbranched alkanes of at least 4 members (excludes halogenated alkanes) is 9. The minimum Gasteiger partial charge on any atom is -1.00 e. The number of aromatic nitrogens is 4. The molecule has 0 aliphatic rings. The molecule has 4 nitrogen and oxygen atoms in total. The third-order valence-corrected chi connectivity index (χ3v) is 5.54. The summed E-state index contributed by atoms with van der Waals surface area (Å²) in [5.74, 6) is 0. The summed E-state index contributed by atoms with van der Waals surface area (Å²) in [6, 6.07) is 0. The van der Waals surface area contributed by atoms with Gasteiger partial charge in [-0.25, -0.2) is 18.3 Å². The first-order valence-electron chi connectivity index (χ1n) is 11.9. The minimum absolute atomic E-state index is 0. The van der Waals surface area contributed by atoms with E-state index < -0.39 is 0 Å². The standard InChI is InChI=1S/C24H44N4.2HI/c1-3-15-25-19-21-27(23-25)17-13-11-9-7-5-6-8-10-12-14-18-28-22-20-26(24-28)16-4-2;;/h19-24H,3-18H2,1-2H3;2*1H/q+2;;/p-2. The fourth-order valence-corrected chi connectivity index (χ4v) is 3.93. The van der Waals surface area contributed by atoms with Crippen LogP contribution in [-0.2, 0) is 26.2 Å². The van der Waals surface area contributed by atoms with Gasteiger partial charge in [0.05, 0.1) is 26.2 Å². The predicted octanol–water partition coefficient (Wildman–Crippen LogP) is -0.706. The second kappa shape index (κ2) is 19.6. The normalized spacial score (nSPS) is 10.6. The molecule has 174 valence electrons. The van der Waals surface area contributed by atoms with Gasteiger partial charge in [0.1, 0.15) is 24.8 Å². The van der Waals surface area contributed by atoms with Gasteiger partial charge in [-0.05, 0) is 38.5 Å². The van der Waals surface area contributed by atoms with E-state index in [4.69, 9.17) is 0 Å². The maximum absolute atomic E-state index is 2.34. The molecule has 2 aromatic rings. The molecule has 0 amide bonds. The molecule has 2 aromatic heterocycles. The van der Waals surface area contributed by atoms with E-state index in [2.05, 4.69) is 69.6 Å². The molecule has 2 rings (SSSR count). The summed E-state index contributed by atoms with van der Waals surface area (Å²) >= 11 is 0. The van der Waals surface area contributed by atoms with Crippen LogP contribution in [0.4, 0.5) is 0 Å². The highest BCUT2D eigenvalue weighted by Gasteiger charge is 2.03. The van der Waals surface area contributed by atoms with Crippen molar-refractivity contribution in [1.82, 2.24) is 9.13 Å². The lowest BCUT2D eigenvalue weighted by atomic mass is 10.1. The van der Waals surface area contributed by atoms with Crippen LogP contribution in [0.1, 0.15) is 90.9 Å². The van der Waals surface area contributed by atoms with E-state index in [9.17, 15) is 0 Å². The monoisotopic (exact) mass is 642 g/mol. The Hall–Kier alpha value is -0.120. The predicted molar refractivity (Wildman–Crippen MR) is 116 cm³/mol. The Labute approximate surface area is 219 Å². The number of nitrogens with zero attached hydrogens (tertiary/aromatic N) is 4. The van der Waals surface area contributed by atoms with Crippen LogP contribution >= 0.6 is 0 Å². The minimum atomic E-state index is 0. The molecule has 0 atom stereocenters. The fraction of sp³-hybridized carbons (Fsp3) is 0.750. The summed E-state index contributed by atoms with van der Waals surface area (Å²) in [7, 11) is 0. The van der Waals surface area contributed by atoms with Crippen molar-refractivity contribution in [3.05, 3.63) is 37.4 Å². The first kappa shape index (κ1) is 29.9. The largest absolute Gasteiger partial charge is 1.00 e. The Bertz CT molecular complexity index is 570. The van der Waals surface area contributed by atoms with E-state index in [1.165, 1.54) is 90.1 Å². The van der Waals surface area contributed by atoms with Gasteiger partial charge in [0.25, 0.3) is 0 Å². The van der Waals surface area contributed by atoms with Gasteiger partial charge in [-0.15, -0.1) is 0 Å². The van der Waals surface area contributed by atoms with Crippen LogP contribution in [-0.4, -0.2) is 9.13 Å². The second-order valence-electron chi connectivity index (χ2n) is 8.31. The van der Waals surface area contributed by atoms with Crippen molar-refractivity contribution in [3.8, 4) is 0 Å². The van der Waals surface area contributed by atoms with Gasteiger partial charge < -0.3 is 48.0 Å². The van der Waals surface area contributed by atoms with Crippen molar-refractivity contribution in [2.45, 2.75) is 117 Å². The van der Waals surface area contributed by atoms with Gasteiger partial charge in [0.2, 0.25) is 12.7 Å². The molecule has 0 aromatic carbocycles. The quantitative estimate of drug-likeness (QED) is 0.124. The molecule has 6 heteroatoms. The van der Waals surface area contributed by atoms with Crippen LogP contribution in [0.15, 0.2) is 37.4 Å². The zero-order valence-electron chi connectivity index (χ0n) is 19.3. The summed E-state index contributed by atoms with van der Waals surface area (Å²) in [5, 5.41) is 0. The number of hydrogen-bond acceptors (Lipinski definition) is 0.